The van der Waals surface area contributed by atoms with Gasteiger partial charge < -0.3 is 13.7 Å². The fraction of sp³-hybridized carbons (Fsp3) is 0.0213. The molecule has 0 N–H and O–H groups in total. The summed E-state index contributed by atoms with van der Waals surface area (Å²) in [5.74, 6) is 0. The minimum absolute atomic E-state index is 0.689. The van der Waals surface area contributed by atoms with Crippen LogP contribution in [-0.2, 0) is 6.54 Å². The average Bonchev–Trinajstić information content (AvgIpc) is 3.74. The van der Waals surface area contributed by atoms with Gasteiger partial charge in [0.1, 0.15) is 22.3 Å². The number of hydrogen-bond acceptors (Lipinski definition) is 3. The fourth-order valence-electron chi connectivity index (χ4n) is 7.51. The summed E-state index contributed by atoms with van der Waals surface area (Å²) >= 11 is 0. The molecule has 50 heavy (non-hydrogen) atoms. The minimum Gasteiger partial charge on any atom is -0.456 e. The summed E-state index contributed by atoms with van der Waals surface area (Å²) in [6.45, 7) is 0.689. The van der Waals surface area contributed by atoms with Crippen LogP contribution in [0.15, 0.2) is 185 Å². The second-order valence-corrected chi connectivity index (χ2v) is 12.9. The van der Waals surface area contributed by atoms with E-state index in [1.54, 1.807) is 0 Å². The Morgan fingerprint density at radius 2 is 0.960 bits per heavy atom. The number of anilines is 2. The van der Waals surface area contributed by atoms with E-state index < -0.39 is 0 Å². The van der Waals surface area contributed by atoms with Crippen LogP contribution in [0, 0.1) is 0 Å². The molecule has 0 aliphatic heterocycles. The standard InChI is InChI=1S/C47H31NO2/c1-2-11-31(12-3-1)37-15-5-4-13-34(37)30-48(36-25-26-41-39-16-6-8-19-44(39)49-46(41)28-36)35-23-21-32(22-24-35)38-18-10-14-33-27-43-40-17-7-9-20-45(40)50-47(43)29-42(33)38/h1-29H,30H2. The van der Waals surface area contributed by atoms with Crippen molar-refractivity contribution in [2.24, 2.45) is 0 Å². The molecule has 0 bridgehead atoms. The van der Waals surface area contributed by atoms with Gasteiger partial charge in [-0.25, -0.2) is 0 Å². The first-order valence-corrected chi connectivity index (χ1v) is 17.0. The molecule has 8 aromatic carbocycles. The van der Waals surface area contributed by atoms with Gasteiger partial charge in [0.15, 0.2) is 0 Å². The predicted molar refractivity (Wildman–Crippen MR) is 208 cm³/mol. The maximum Gasteiger partial charge on any atom is 0.137 e. The van der Waals surface area contributed by atoms with Crippen molar-refractivity contribution in [3.05, 3.63) is 181 Å². The molecule has 3 heteroatoms. The number of hydrogen-bond donors (Lipinski definition) is 0. The average molecular weight is 642 g/mol. The monoisotopic (exact) mass is 641 g/mol. The highest BCUT2D eigenvalue weighted by Gasteiger charge is 2.17. The van der Waals surface area contributed by atoms with Gasteiger partial charge in [0, 0.05) is 45.5 Å². The Labute approximate surface area is 289 Å². The highest BCUT2D eigenvalue weighted by atomic mass is 16.3. The predicted octanol–water partition coefficient (Wildman–Crippen LogP) is 13.3. The van der Waals surface area contributed by atoms with Crippen molar-refractivity contribution < 1.29 is 8.83 Å². The Bertz CT molecular complexity index is 2840. The van der Waals surface area contributed by atoms with Crippen molar-refractivity contribution in [3.63, 3.8) is 0 Å². The molecule has 236 valence electrons. The van der Waals surface area contributed by atoms with Crippen LogP contribution in [0.5, 0.6) is 0 Å². The van der Waals surface area contributed by atoms with Crippen LogP contribution in [0.2, 0.25) is 0 Å². The lowest BCUT2D eigenvalue weighted by atomic mass is 9.96. The number of fused-ring (bicyclic) bond motifs is 7. The third-order valence-corrected chi connectivity index (χ3v) is 9.97. The summed E-state index contributed by atoms with van der Waals surface area (Å²) in [4.78, 5) is 2.39. The number of para-hydroxylation sites is 2. The second-order valence-electron chi connectivity index (χ2n) is 12.9. The van der Waals surface area contributed by atoms with Gasteiger partial charge in [0.2, 0.25) is 0 Å². The Hall–Kier alpha value is -6.58. The Kier molecular flexibility index (Phi) is 6.56. The number of furan rings is 2. The summed E-state index contributed by atoms with van der Waals surface area (Å²) in [5.41, 5.74) is 11.8. The van der Waals surface area contributed by atoms with E-state index in [-0.39, 0.29) is 0 Å². The summed E-state index contributed by atoms with van der Waals surface area (Å²) in [6, 6.07) is 62.4. The van der Waals surface area contributed by atoms with E-state index in [0.717, 1.165) is 60.8 Å². The van der Waals surface area contributed by atoms with E-state index in [9.17, 15) is 0 Å². The molecule has 0 saturated heterocycles. The Morgan fingerprint density at radius 3 is 1.76 bits per heavy atom. The SMILES string of the molecule is c1ccc(-c2ccccc2CN(c2ccc(-c3cccc4cc5c(cc34)oc3ccccc35)cc2)c2ccc3c(c2)oc2ccccc23)cc1. The normalized spacial score (nSPS) is 11.7. The van der Waals surface area contributed by atoms with E-state index in [0.29, 0.717) is 6.54 Å². The largest absolute Gasteiger partial charge is 0.456 e. The van der Waals surface area contributed by atoms with Gasteiger partial charge in [0.25, 0.3) is 0 Å². The zero-order chi connectivity index (χ0) is 33.0. The van der Waals surface area contributed by atoms with E-state index in [2.05, 4.69) is 157 Å². The van der Waals surface area contributed by atoms with Crippen molar-refractivity contribution in [2.75, 3.05) is 4.90 Å². The van der Waals surface area contributed by atoms with Gasteiger partial charge in [-0.15, -0.1) is 0 Å². The molecular weight excluding hydrogens is 611 g/mol. The third-order valence-electron chi connectivity index (χ3n) is 9.97. The van der Waals surface area contributed by atoms with E-state index in [1.165, 1.54) is 33.0 Å². The van der Waals surface area contributed by atoms with Crippen molar-refractivity contribution in [3.8, 4) is 22.3 Å². The lowest BCUT2D eigenvalue weighted by Gasteiger charge is -2.27. The quantitative estimate of drug-likeness (QED) is 0.181. The Morgan fingerprint density at radius 1 is 0.360 bits per heavy atom. The van der Waals surface area contributed by atoms with Crippen molar-refractivity contribution in [2.45, 2.75) is 6.54 Å². The van der Waals surface area contributed by atoms with Gasteiger partial charge in [-0.2, -0.15) is 0 Å². The van der Waals surface area contributed by atoms with Crippen LogP contribution in [0.3, 0.4) is 0 Å². The Balaban J connectivity index is 1.09. The highest BCUT2D eigenvalue weighted by molar-refractivity contribution is 6.12. The summed E-state index contributed by atoms with van der Waals surface area (Å²) in [5, 5.41) is 6.93. The molecular formula is C47H31NO2. The number of rotatable bonds is 6. The first-order chi connectivity index (χ1) is 24.8. The molecule has 0 aliphatic rings. The zero-order valence-electron chi connectivity index (χ0n) is 27.2. The van der Waals surface area contributed by atoms with Gasteiger partial charge >= 0.3 is 0 Å². The maximum atomic E-state index is 6.36. The molecule has 0 spiro atoms. The molecule has 0 aliphatic carbocycles. The second kappa shape index (κ2) is 11.5. The minimum atomic E-state index is 0.689. The zero-order valence-corrected chi connectivity index (χ0v) is 27.2. The van der Waals surface area contributed by atoms with Crippen LogP contribution in [0.25, 0.3) is 76.9 Å². The van der Waals surface area contributed by atoms with E-state index in [4.69, 9.17) is 8.83 Å². The van der Waals surface area contributed by atoms with Crippen molar-refractivity contribution >= 4 is 66.0 Å². The topological polar surface area (TPSA) is 29.5 Å². The third kappa shape index (κ3) is 4.75. The van der Waals surface area contributed by atoms with Crippen LogP contribution >= 0.6 is 0 Å². The van der Waals surface area contributed by atoms with Crippen LogP contribution in [0.1, 0.15) is 5.56 Å². The molecule has 0 saturated carbocycles. The summed E-state index contributed by atoms with van der Waals surface area (Å²) < 4.78 is 12.6. The fourth-order valence-corrected chi connectivity index (χ4v) is 7.51. The first-order valence-electron chi connectivity index (χ1n) is 17.0. The van der Waals surface area contributed by atoms with Gasteiger partial charge in [-0.3, -0.25) is 0 Å². The summed E-state index contributed by atoms with van der Waals surface area (Å²) in [6.07, 6.45) is 0. The smallest absolute Gasteiger partial charge is 0.137 e. The molecule has 2 aromatic heterocycles. The highest BCUT2D eigenvalue weighted by Crippen LogP contribution is 2.39. The van der Waals surface area contributed by atoms with E-state index >= 15 is 0 Å². The van der Waals surface area contributed by atoms with Crippen LogP contribution in [0.4, 0.5) is 11.4 Å². The van der Waals surface area contributed by atoms with Crippen molar-refractivity contribution in [1.29, 1.82) is 0 Å². The molecule has 0 fully saturated rings. The molecule has 3 nitrogen and oxygen atoms in total. The molecule has 0 unspecified atom stereocenters. The van der Waals surface area contributed by atoms with E-state index in [1.807, 2.05) is 24.3 Å². The lowest BCUT2D eigenvalue weighted by Crippen LogP contribution is -2.17. The molecule has 0 radical (unpaired) electrons. The molecule has 10 aromatic rings. The maximum absolute atomic E-state index is 6.36. The molecule has 10 rings (SSSR count). The molecule has 0 amide bonds. The first kappa shape index (κ1) is 28.4. The van der Waals surface area contributed by atoms with Gasteiger partial charge in [-0.1, -0.05) is 121 Å². The van der Waals surface area contributed by atoms with Crippen LogP contribution < -0.4 is 4.90 Å². The number of benzene rings is 8. The lowest BCUT2D eigenvalue weighted by molar-refractivity contribution is 0.668. The number of nitrogens with zero attached hydrogens (tertiary/aromatic N) is 1. The van der Waals surface area contributed by atoms with Gasteiger partial charge in [-0.05, 0) is 87.1 Å². The molecule has 0 atom stereocenters. The van der Waals surface area contributed by atoms with Crippen molar-refractivity contribution in [1.82, 2.24) is 0 Å². The molecule has 2 heterocycles. The summed E-state index contributed by atoms with van der Waals surface area (Å²) in [7, 11) is 0. The van der Waals surface area contributed by atoms with Gasteiger partial charge in [0.05, 0.1) is 0 Å². The van der Waals surface area contributed by atoms with Crippen LogP contribution in [-0.4, -0.2) is 0 Å².